The largest absolute Gasteiger partial charge is 0.207 e. The second kappa shape index (κ2) is 3.90. The molecule has 0 unspecified atom stereocenters. The zero-order chi connectivity index (χ0) is 10.1. The third kappa shape index (κ3) is 2.09. The molecule has 1 aromatic carbocycles. The predicted octanol–water partition coefficient (Wildman–Crippen LogP) is 3.26. The van der Waals surface area contributed by atoms with Gasteiger partial charge in [0.05, 0.1) is 0 Å². The Hall–Kier alpha value is -0.560. The number of benzene rings is 1. The average Bonchev–Trinajstić information content (AvgIpc) is 2.50. The molecular weight excluding hydrogens is 314 g/mol. The zero-order valence-electron chi connectivity index (χ0n) is 7.29. The molecule has 72 valence electrons. The number of nitrogens with zero attached hydrogens (tertiary/aromatic N) is 2. The molecule has 0 saturated heterocycles. The molecule has 0 N–H and O–H groups in total. The second-order valence-electron chi connectivity index (χ2n) is 2.88. The highest BCUT2D eigenvalue weighted by molar-refractivity contribution is 14.1. The van der Waals surface area contributed by atoms with Gasteiger partial charge in [0.1, 0.15) is 10.8 Å². The van der Waals surface area contributed by atoms with E-state index in [1.54, 1.807) is 0 Å². The summed E-state index contributed by atoms with van der Waals surface area (Å²) >= 11 is 3.55. The molecule has 0 amide bonds. The number of hydrogen-bond acceptors (Lipinski definition) is 3. The summed E-state index contributed by atoms with van der Waals surface area (Å²) in [5.41, 5.74) is 1.69. The summed E-state index contributed by atoms with van der Waals surface area (Å²) in [5, 5.41) is 8.61. The maximum absolute atomic E-state index is 13.1. The lowest BCUT2D eigenvalue weighted by atomic mass is 10.1. The van der Waals surface area contributed by atoms with E-state index in [0.717, 1.165) is 19.1 Å². The van der Waals surface area contributed by atoms with Gasteiger partial charge in [-0.3, -0.25) is 0 Å². The minimum Gasteiger partial charge on any atom is -0.207 e. The maximum Gasteiger partial charge on any atom is 0.178 e. The fourth-order valence-electron chi connectivity index (χ4n) is 1.18. The lowest BCUT2D eigenvalue weighted by Gasteiger charge is -1.97. The minimum absolute atomic E-state index is 0.231. The Morgan fingerprint density at radius 3 is 2.64 bits per heavy atom. The van der Waals surface area contributed by atoms with E-state index in [1.165, 1.54) is 23.5 Å². The first-order valence-corrected chi connectivity index (χ1v) is 5.81. The van der Waals surface area contributed by atoms with Crippen molar-refractivity contribution in [3.63, 3.8) is 0 Å². The van der Waals surface area contributed by atoms with Crippen molar-refractivity contribution in [1.82, 2.24) is 10.2 Å². The molecule has 0 atom stereocenters. The highest BCUT2D eigenvalue weighted by Crippen LogP contribution is 2.25. The van der Waals surface area contributed by atoms with Gasteiger partial charge in [-0.2, -0.15) is 0 Å². The predicted molar refractivity (Wildman–Crippen MR) is 62.8 cm³/mol. The quantitative estimate of drug-likeness (QED) is 0.754. The van der Waals surface area contributed by atoms with Crippen LogP contribution < -0.4 is 0 Å². The van der Waals surface area contributed by atoms with Crippen molar-refractivity contribution < 1.29 is 4.39 Å². The molecule has 14 heavy (non-hydrogen) atoms. The molecule has 0 fully saturated rings. The summed E-state index contributed by atoms with van der Waals surface area (Å²) in [7, 11) is 0. The van der Waals surface area contributed by atoms with Gasteiger partial charge in [-0.15, -0.1) is 10.2 Å². The summed E-state index contributed by atoms with van der Waals surface area (Å²) in [5.74, 6) is -0.231. The minimum atomic E-state index is -0.231. The van der Waals surface area contributed by atoms with E-state index in [4.69, 9.17) is 0 Å². The number of aryl methyl sites for hydroxylation is 1. The van der Waals surface area contributed by atoms with Crippen molar-refractivity contribution in [1.29, 1.82) is 0 Å². The highest BCUT2D eigenvalue weighted by Gasteiger charge is 2.06. The standard InChI is InChI=1S/C9H6FIN2S/c1-5-2-6(4-7(10)3-5)8-12-13-9(11)14-8/h2-4H,1H3. The number of halogens is 2. The topological polar surface area (TPSA) is 25.8 Å². The molecule has 0 radical (unpaired) electrons. The van der Waals surface area contributed by atoms with Crippen LogP contribution in [0.25, 0.3) is 10.6 Å². The molecule has 0 aliphatic carbocycles. The van der Waals surface area contributed by atoms with Crippen molar-refractivity contribution >= 4 is 33.9 Å². The van der Waals surface area contributed by atoms with E-state index >= 15 is 0 Å². The van der Waals surface area contributed by atoms with Gasteiger partial charge in [0, 0.05) is 5.56 Å². The first-order chi connectivity index (χ1) is 6.65. The van der Waals surface area contributed by atoms with Crippen LogP contribution in [-0.4, -0.2) is 10.2 Å². The van der Waals surface area contributed by atoms with Crippen LogP contribution in [0.4, 0.5) is 4.39 Å². The smallest absolute Gasteiger partial charge is 0.178 e. The molecule has 0 saturated carbocycles. The molecule has 2 nitrogen and oxygen atoms in total. The SMILES string of the molecule is Cc1cc(F)cc(-c2nnc(I)s2)c1. The third-order valence-electron chi connectivity index (χ3n) is 1.69. The molecule has 5 heteroatoms. The van der Waals surface area contributed by atoms with Crippen LogP contribution >= 0.6 is 33.9 Å². The van der Waals surface area contributed by atoms with E-state index in [1.807, 2.05) is 13.0 Å². The molecule has 0 aliphatic heterocycles. The van der Waals surface area contributed by atoms with E-state index < -0.39 is 0 Å². The Labute approximate surface area is 98.3 Å². The second-order valence-corrected chi connectivity index (χ2v) is 5.61. The molecule has 0 bridgehead atoms. The summed E-state index contributed by atoms with van der Waals surface area (Å²) in [6.07, 6.45) is 0. The Morgan fingerprint density at radius 2 is 2.07 bits per heavy atom. The fourth-order valence-corrected chi connectivity index (χ4v) is 2.47. The normalized spacial score (nSPS) is 10.5. The van der Waals surface area contributed by atoms with Crippen molar-refractivity contribution in [2.45, 2.75) is 6.92 Å². The van der Waals surface area contributed by atoms with Crippen LogP contribution in [-0.2, 0) is 0 Å². The molecular formula is C9H6FIN2S. The van der Waals surface area contributed by atoms with Gasteiger partial charge < -0.3 is 0 Å². The van der Waals surface area contributed by atoms with Gasteiger partial charge in [0.2, 0.25) is 0 Å². The number of hydrogen-bond donors (Lipinski definition) is 0. The molecule has 2 aromatic rings. The molecule has 0 aliphatic rings. The van der Waals surface area contributed by atoms with Gasteiger partial charge in [0.25, 0.3) is 0 Å². The molecule has 1 heterocycles. The van der Waals surface area contributed by atoms with E-state index in [9.17, 15) is 4.39 Å². The lowest BCUT2D eigenvalue weighted by molar-refractivity contribution is 0.627. The van der Waals surface area contributed by atoms with Crippen LogP contribution in [0.15, 0.2) is 18.2 Å². The van der Waals surface area contributed by atoms with Crippen LogP contribution in [0.1, 0.15) is 5.56 Å². The Bertz CT molecular complexity index is 449. The van der Waals surface area contributed by atoms with E-state index in [-0.39, 0.29) is 5.82 Å². The fraction of sp³-hybridized carbons (Fsp3) is 0.111. The number of aromatic nitrogens is 2. The van der Waals surface area contributed by atoms with Crippen LogP contribution in [0.3, 0.4) is 0 Å². The van der Waals surface area contributed by atoms with Crippen LogP contribution in [0.5, 0.6) is 0 Å². The molecule has 2 rings (SSSR count). The first-order valence-electron chi connectivity index (χ1n) is 3.92. The van der Waals surface area contributed by atoms with Gasteiger partial charge in [-0.05, 0) is 53.3 Å². The van der Waals surface area contributed by atoms with Gasteiger partial charge in [-0.1, -0.05) is 11.3 Å². The third-order valence-corrected chi connectivity index (χ3v) is 3.33. The Morgan fingerprint density at radius 1 is 1.29 bits per heavy atom. The summed E-state index contributed by atoms with van der Waals surface area (Å²) in [6, 6.07) is 4.87. The molecule has 1 aromatic heterocycles. The van der Waals surface area contributed by atoms with E-state index in [0.29, 0.717) is 0 Å². The maximum atomic E-state index is 13.1. The van der Waals surface area contributed by atoms with Gasteiger partial charge in [-0.25, -0.2) is 4.39 Å². The summed E-state index contributed by atoms with van der Waals surface area (Å²) in [6.45, 7) is 1.86. The highest BCUT2D eigenvalue weighted by atomic mass is 127. The van der Waals surface area contributed by atoms with Crippen molar-refractivity contribution in [3.8, 4) is 10.6 Å². The van der Waals surface area contributed by atoms with Gasteiger partial charge >= 0.3 is 0 Å². The Balaban J connectivity index is 2.51. The lowest BCUT2D eigenvalue weighted by Crippen LogP contribution is -1.82. The van der Waals surface area contributed by atoms with Crippen molar-refractivity contribution in [3.05, 3.63) is 32.6 Å². The van der Waals surface area contributed by atoms with Gasteiger partial charge in [0.15, 0.2) is 3.01 Å². The number of rotatable bonds is 1. The van der Waals surface area contributed by atoms with Crippen molar-refractivity contribution in [2.24, 2.45) is 0 Å². The first kappa shape index (κ1) is 9.97. The van der Waals surface area contributed by atoms with E-state index in [2.05, 4.69) is 32.8 Å². The van der Waals surface area contributed by atoms with Crippen LogP contribution in [0.2, 0.25) is 0 Å². The summed E-state index contributed by atoms with van der Waals surface area (Å²) < 4.78 is 13.9. The monoisotopic (exact) mass is 320 g/mol. The summed E-state index contributed by atoms with van der Waals surface area (Å²) in [4.78, 5) is 0. The zero-order valence-corrected chi connectivity index (χ0v) is 10.3. The Kier molecular flexibility index (Phi) is 2.78. The van der Waals surface area contributed by atoms with Crippen molar-refractivity contribution in [2.75, 3.05) is 0 Å². The molecule has 0 spiro atoms. The van der Waals surface area contributed by atoms with Crippen LogP contribution in [0, 0.1) is 15.8 Å². The average molecular weight is 320 g/mol.